The van der Waals surface area contributed by atoms with Crippen molar-refractivity contribution in [3.63, 3.8) is 0 Å². The van der Waals surface area contributed by atoms with Crippen molar-refractivity contribution < 1.29 is 0 Å². The molecule has 1 aliphatic heterocycles. The van der Waals surface area contributed by atoms with Gasteiger partial charge in [0, 0.05) is 11.6 Å². The highest BCUT2D eigenvalue weighted by molar-refractivity contribution is 5.81. The molecule has 0 radical (unpaired) electrons. The quantitative estimate of drug-likeness (QED) is 0.679. The second-order valence-corrected chi connectivity index (χ2v) is 5.67. The number of nitrogen functional groups attached to an aromatic ring is 1. The molecule has 4 N–H and O–H groups in total. The zero-order valence-electron chi connectivity index (χ0n) is 12.9. The van der Waals surface area contributed by atoms with Crippen molar-refractivity contribution in [3.05, 3.63) is 93.8 Å². The number of hydrogen-bond acceptors (Lipinski definition) is 4. The fraction of sp³-hybridized carbons (Fsp3) is 0.0526. The molecular weight excluding hydrogens is 300 g/mol. The standard InChI is InChI=1S/C19H16N4O/c20-19-22-17-16(18(24)23-19)14(12-7-3-1-4-8-12)11-15(21-17)13-9-5-2-6-10-13/h1-11,14H,(H4,20,21,22,23,24). The van der Waals surface area contributed by atoms with Gasteiger partial charge in [0.05, 0.1) is 5.56 Å². The van der Waals surface area contributed by atoms with E-state index in [2.05, 4.69) is 21.4 Å². The average molecular weight is 316 g/mol. The summed E-state index contributed by atoms with van der Waals surface area (Å²) in [5.41, 5.74) is 9.06. The van der Waals surface area contributed by atoms with Crippen LogP contribution in [-0.4, -0.2) is 9.97 Å². The second kappa shape index (κ2) is 5.70. The molecule has 24 heavy (non-hydrogen) atoms. The number of allylic oxidation sites excluding steroid dienone is 1. The summed E-state index contributed by atoms with van der Waals surface area (Å²) >= 11 is 0. The highest BCUT2D eigenvalue weighted by Gasteiger charge is 2.26. The SMILES string of the molecule is Nc1nc2c(c(=O)[nH]1)C(c1ccccc1)C=C(c1ccccc1)N2. The van der Waals surface area contributed by atoms with E-state index in [4.69, 9.17) is 5.73 Å². The lowest BCUT2D eigenvalue weighted by Crippen LogP contribution is -2.25. The van der Waals surface area contributed by atoms with Crippen molar-refractivity contribution in [3.8, 4) is 0 Å². The van der Waals surface area contributed by atoms with E-state index in [0.29, 0.717) is 11.4 Å². The molecule has 118 valence electrons. The molecule has 5 nitrogen and oxygen atoms in total. The van der Waals surface area contributed by atoms with Crippen LogP contribution in [-0.2, 0) is 0 Å². The molecule has 0 aliphatic carbocycles. The molecule has 1 aromatic heterocycles. The fourth-order valence-electron chi connectivity index (χ4n) is 3.01. The van der Waals surface area contributed by atoms with Crippen molar-refractivity contribution in [2.45, 2.75) is 5.92 Å². The summed E-state index contributed by atoms with van der Waals surface area (Å²) in [6.07, 6.45) is 2.06. The van der Waals surface area contributed by atoms with Crippen molar-refractivity contribution in [2.24, 2.45) is 0 Å². The van der Waals surface area contributed by atoms with Crippen molar-refractivity contribution >= 4 is 17.5 Å². The minimum absolute atomic E-state index is 0.104. The molecular formula is C19H16N4O. The van der Waals surface area contributed by atoms with Crippen LogP contribution >= 0.6 is 0 Å². The summed E-state index contributed by atoms with van der Waals surface area (Å²) in [7, 11) is 0. The Kier molecular flexibility index (Phi) is 3.39. The zero-order valence-corrected chi connectivity index (χ0v) is 12.9. The smallest absolute Gasteiger partial charge is 0.258 e. The van der Waals surface area contributed by atoms with Gasteiger partial charge in [-0.15, -0.1) is 0 Å². The first-order valence-electron chi connectivity index (χ1n) is 7.71. The molecule has 0 spiro atoms. The molecule has 5 heteroatoms. The maximum Gasteiger partial charge on any atom is 0.258 e. The number of fused-ring (bicyclic) bond motifs is 1. The number of nitrogens with one attached hydrogen (secondary N) is 2. The minimum atomic E-state index is -0.220. The second-order valence-electron chi connectivity index (χ2n) is 5.67. The van der Waals surface area contributed by atoms with Gasteiger partial charge < -0.3 is 11.1 Å². The monoisotopic (exact) mass is 316 g/mol. The molecule has 4 rings (SSSR count). The highest BCUT2D eigenvalue weighted by Crippen LogP contribution is 2.36. The molecule has 1 atom stereocenters. The first-order valence-corrected chi connectivity index (χ1v) is 7.71. The third kappa shape index (κ3) is 2.46. The summed E-state index contributed by atoms with van der Waals surface area (Å²) in [4.78, 5) is 19.4. The van der Waals surface area contributed by atoms with Crippen molar-refractivity contribution in [1.29, 1.82) is 0 Å². The maximum atomic E-state index is 12.5. The summed E-state index contributed by atoms with van der Waals surface area (Å²) in [5.74, 6) is 0.424. The molecule has 2 aromatic carbocycles. The number of aromatic amines is 1. The van der Waals surface area contributed by atoms with Crippen LogP contribution in [0.3, 0.4) is 0 Å². The van der Waals surface area contributed by atoms with Crippen molar-refractivity contribution in [1.82, 2.24) is 9.97 Å². The Morgan fingerprint density at radius 1 is 0.958 bits per heavy atom. The number of aromatic nitrogens is 2. The van der Waals surface area contributed by atoms with E-state index in [-0.39, 0.29) is 17.4 Å². The van der Waals surface area contributed by atoms with Crippen LogP contribution in [0.25, 0.3) is 5.70 Å². The van der Waals surface area contributed by atoms with Gasteiger partial charge in [-0.1, -0.05) is 60.7 Å². The normalized spacial score (nSPS) is 16.0. The number of anilines is 2. The third-order valence-corrected chi connectivity index (χ3v) is 4.11. The summed E-state index contributed by atoms with van der Waals surface area (Å²) in [6, 6.07) is 19.9. The van der Waals surface area contributed by atoms with Crippen LogP contribution in [0.2, 0.25) is 0 Å². The van der Waals surface area contributed by atoms with Gasteiger partial charge in [0.1, 0.15) is 5.82 Å². The maximum absolute atomic E-state index is 12.5. The third-order valence-electron chi connectivity index (χ3n) is 4.11. The van der Waals surface area contributed by atoms with Gasteiger partial charge in [-0.05, 0) is 17.2 Å². The van der Waals surface area contributed by atoms with Crippen LogP contribution in [0.4, 0.5) is 11.8 Å². The first-order chi connectivity index (χ1) is 11.7. The summed E-state index contributed by atoms with van der Waals surface area (Å²) in [5, 5.41) is 3.24. The lowest BCUT2D eigenvalue weighted by molar-refractivity contribution is 0.944. The van der Waals surface area contributed by atoms with Crippen LogP contribution < -0.4 is 16.6 Å². The fourth-order valence-corrected chi connectivity index (χ4v) is 3.01. The first kappa shape index (κ1) is 14.3. The largest absolute Gasteiger partial charge is 0.369 e. The lowest BCUT2D eigenvalue weighted by Gasteiger charge is -2.25. The van der Waals surface area contributed by atoms with E-state index in [9.17, 15) is 4.79 Å². The van der Waals surface area contributed by atoms with E-state index in [1.165, 1.54) is 0 Å². The predicted octanol–water partition coefficient (Wildman–Crippen LogP) is 2.95. The number of hydrogen-bond donors (Lipinski definition) is 3. The van der Waals surface area contributed by atoms with Gasteiger partial charge in [0.25, 0.3) is 5.56 Å². The number of nitrogens with two attached hydrogens (primary N) is 1. The molecule has 0 amide bonds. The van der Waals surface area contributed by atoms with Crippen LogP contribution in [0.5, 0.6) is 0 Å². The molecule has 0 saturated carbocycles. The molecule has 0 fully saturated rings. The Bertz CT molecular complexity index is 962. The van der Waals surface area contributed by atoms with Gasteiger partial charge >= 0.3 is 0 Å². The van der Waals surface area contributed by atoms with Gasteiger partial charge in [-0.2, -0.15) is 4.98 Å². The van der Waals surface area contributed by atoms with Crippen LogP contribution in [0, 0.1) is 0 Å². The Balaban J connectivity index is 1.92. The van der Waals surface area contributed by atoms with Crippen molar-refractivity contribution in [2.75, 3.05) is 11.1 Å². The number of H-pyrrole nitrogens is 1. The van der Waals surface area contributed by atoms with E-state index < -0.39 is 0 Å². The number of benzene rings is 2. The lowest BCUT2D eigenvalue weighted by atomic mass is 9.88. The topological polar surface area (TPSA) is 83.8 Å². The summed E-state index contributed by atoms with van der Waals surface area (Å²) < 4.78 is 0. The molecule has 2 heterocycles. The molecule has 1 unspecified atom stereocenters. The highest BCUT2D eigenvalue weighted by atomic mass is 16.1. The van der Waals surface area contributed by atoms with Crippen LogP contribution in [0.15, 0.2) is 71.5 Å². The minimum Gasteiger partial charge on any atom is -0.369 e. The van der Waals surface area contributed by atoms with E-state index in [1.807, 2.05) is 60.7 Å². The average Bonchev–Trinajstić information content (AvgIpc) is 2.62. The van der Waals surface area contributed by atoms with Gasteiger partial charge in [0.2, 0.25) is 5.95 Å². The molecule has 0 bridgehead atoms. The molecule has 3 aromatic rings. The Morgan fingerprint density at radius 3 is 2.33 bits per heavy atom. The number of rotatable bonds is 2. The Labute approximate surface area is 138 Å². The van der Waals surface area contributed by atoms with Gasteiger partial charge in [0.15, 0.2) is 0 Å². The van der Waals surface area contributed by atoms with E-state index in [1.54, 1.807) is 0 Å². The Hall–Kier alpha value is -3.34. The Morgan fingerprint density at radius 2 is 1.62 bits per heavy atom. The van der Waals surface area contributed by atoms with Crippen LogP contribution in [0.1, 0.15) is 22.6 Å². The summed E-state index contributed by atoms with van der Waals surface area (Å²) in [6.45, 7) is 0. The zero-order chi connectivity index (χ0) is 16.5. The van der Waals surface area contributed by atoms with Gasteiger partial charge in [-0.25, -0.2) is 0 Å². The number of nitrogens with zero attached hydrogens (tertiary/aromatic N) is 1. The molecule has 0 saturated heterocycles. The predicted molar refractivity (Wildman–Crippen MR) is 95.6 cm³/mol. The van der Waals surface area contributed by atoms with E-state index >= 15 is 0 Å². The van der Waals surface area contributed by atoms with Gasteiger partial charge in [-0.3, -0.25) is 9.78 Å². The van der Waals surface area contributed by atoms with E-state index in [0.717, 1.165) is 16.8 Å². The molecule has 1 aliphatic rings.